The zero-order chi connectivity index (χ0) is 13.3. The number of nitrogens with one attached hydrogen (secondary N) is 1. The second kappa shape index (κ2) is 7.51. The first-order chi connectivity index (χ1) is 9.36. The van der Waals surface area contributed by atoms with Crippen molar-refractivity contribution >= 4 is 0 Å². The number of aliphatic hydroxyl groups excluding tert-OH is 1. The first-order valence-corrected chi connectivity index (χ1v) is 6.33. The van der Waals surface area contributed by atoms with Gasteiger partial charge in [-0.15, -0.1) is 0 Å². The second-order valence-corrected chi connectivity index (χ2v) is 4.17. The SMILES string of the molecule is O[C@@H](CNCCOc1ccccc1)c1cccnc1. The topological polar surface area (TPSA) is 54.4 Å². The minimum Gasteiger partial charge on any atom is -0.492 e. The maximum absolute atomic E-state index is 9.89. The van der Waals surface area contributed by atoms with Crippen LogP contribution in [-0.4, -0.2) is 29.8 Å². The van der Waals surface area contributed by atoms with Crippen LogP contribution in [0.3, 0.4) is 0 Å². The molecule has 0 unspecified atom stereocenters. The highest BCUT2D eigenvalue weighted by molar-refractivity contribution is 5.20. The third-order valence-corrected chi connectivity index (χ3v) is 2.70. The fourth-order valence-electron chi connectivity index (χ4n) is 1.69. The molecule has 0 aliphatic rings. The molecule has 0 aliphatic heterocycles. The Morgan fingerprint density at radius 2 is 2.00 bits per heavy atom. The number of aliphatic hydroxyl groups is 1. The van der Waals surface area contributed by atoms with Gasteiger partial charge in [0.2, 0.25) is 0 Å². The van der Waals surface area contributed by atoms with E-state index in [2.05, 4.69) is 10.3 Å². The number of nitrogens with zero attached hydrogens (tertiary/aromatic N) is 1. The molecule has 4 nitrogen and oxygen atoms in total. The molecular formula is C15H18N2O2. The second-order valence-electron chi connectivity index (χ2n) is 4.17. The molecular weight excluding hydrogens is 240 g/mol. The number of pyridine rings is 1. The van der Waals surface area contributed by atoms with E-state index >= 15 is 0 Å². The molecule has 0 aliphatic carbocycles. The first-order valence-electron chi connectivity index (χ1n) is 6.33. The molecule has 19 heavy (non-hydrogen) atoms. The molecule has 2 rings (SSSR count). The van der Waals surface area contributed by atoms with E-state index in [0.29, 0.717) is 19.7 Å². The van der Waals surface area contributed by atoms with Crippen LogP contribution in [0.15, 0.2) is 54.9 Å². The van der Waals surface area contributed by atoms with Gasteiger partial charge in [0.05, 0.1) is 6.10 Å². The van der Waals surface area contributed by atoms with E-state index in [1.165, 1.54) is 0 Å². The van der Waals surface area contributed by atoms with E-state index < -0.39 is 6.10 Å². The van der Waals surface area contributed by atoms with Crippen molar-refractivity contribution in [3.05, 3.63) is 60.4 Å². The van der Waals surface area contributed by atoms with E-state index in [-0.39, 0.29) is 0 Å². The number of hydrogen-bond donors (Lipinski definition) is 2. The summed E-state index contributed by atoms with van der Waals surface area (Å²) in [6, 6.07) is 13.4. The van der Waals surface area contributed by atoms with Gasteiger partial charge < -0.3 is 15.2 Å². The highest BCUT2D eigenvalue weighted by atomic mass is 16.5. The lowest BCUT2D eigenvalue weighted by Gasteiger charge is -2.12. The molecule has 100 valence electrons. The third-order valence-electron chi connectivity index (χ3n) is 2.70. The quantitative estimate of drug-likeness (QED) is 0.743. The van der Waals surface area contributed by atoms with Gasteiger partial charge in [-0.3, -0.25) is 4.98 Å². The average Bonchev–Trinajstić information content (AvgIpc) is 2.49. The summed E-state index contributed by atoms with van der Waals surface area (Å²) in [6.45, 7) is 1.75. The third kappa shape index (κ3) is 4.69. The molecule has 0 saturated carbocycles. The Kier molecular flexibility index (Phi) is 5.34. The van der Waals surface area contributed by atoms with Crippen molar-refractivity contribution in [1.82, 2.24) is 10.3 Å². The van der Waals surface area contributed by atoms with Gasteiger partial charge >= 0.3 is 0 Å². The molecule has 0 spiro atoms. The van der Waals surface area contributed by atoms with Crippen LogP contribution in [0.4, 0.5) is 0 Å². The lowest BCUT2D eigenvalue weighted by atomic mass is 10.1. The van der Waals surface area contributed by atoms with Crippen molar-refractivity contribution in [2.75, 3.05) is 19.7 Å². The number of hydrogen-bond acceptors (Lipinski definition) is 4. The van der Waals surface area contributed by atoms with Crippen molar-refractivity contribution in [3.63, 3.8) is 0 Å². The molecule has 0 fully saturated rings. The average molecular weight is 258 g/mol. The van der Waals surface area contributed by atoms with Crippen molar-refractivity contribution in [2.24, 2.45) is 0 Å². The molecule has 0 bridgehead atoms. The van der Waals surface area contributed by atoms with Gasteiger partial charge in [0.1, 0.15) is 12.4 Å². The van der Waals surface area contributed by atoms with E-state index in [4.69, 9.17) is 4.74 Å². The fourth-order valence-corrected chi connectivity index (χ4v) is 1.69. The first kappa shape index (κ1) is 13.5. The summed E-state index contributed by atoms with van der Waals surface area (Å²) in [5.74, 6) is 0.858. The number of para-hydroxylation sites is 1. The van der Waals surface area contributed by atoms with Crippen LogP contribution < -0.4 is 10.1 Å². The number of ether oxygens (including phenoxy) is 1. The summed E-state index contributed by atoms with van der Waals surface area (Å²) >= 11 is 0. The van der Waals surface area contributed by atoms with E-state index in [9.17, 15) is 5.11 Å². The molecule has 2 N–H and O–H groups in total. The standard InChI is InChI=1S/C15H18N2O2/c18-15(13-5-4-8-16-11-13)12-17-9-10-19-14-6-2-1-3-7-14/h1-8,11,15,17-18H,9-10,12H2/t15-/m0/s1. The molecule has 1 aromatic carbocycles. The molecule has 0 amide bonds. The number of rotatable bonds is 7. The van der Waals surface area contributed by atoms with E-state index in [1.54, 1.807) is 12.4 Å². The lowest BCUT2D eigenvalue weighted by molar-refractivity contribution is 0.171. The number of benzene rings is 1. The van der Waals surface area contributed by atoms with Gasteiger partial charge in [-0.25, -0.2) is 0 Å². The summed E-state index contributed by atoms with van der Waals surface area (Å²) in [5, 5.41) is 13.0. The zero-order valence-electron chi connectivity index (χ0n) is 10.7. The largest absolute Gasteiger partial charge is 0.492 e. The Bertz CT molecular complexity index is 462. The lowest BCUT2D eigenvalue weighted by Crippen LogP contribution is -2.26. The van der Waals surface area contributed by atoms with Crippen molar-refractivity contribution in [3.8, 4) is 5.75 Å². The monoisotopic (exact) mass is 258 g/mol. The Morgan fingerprint density at radius 3 is 2.74 bits per heavy atom. The summed E-state index contributed by atoms with van der Waals surface area (Å²) in [6.07, 6.45) is 2.83. The summed E-state index contributed by atoms with van der Waals surface area (Å²) in [5.41, 5.74) is 0.818. The van der Waals surface area contributed by atoms with E-state index in [1.807, 2.05) is 42.5 Å². The fraction of sp³-hybridized carbons (Fsp3) is 0.267. The van der Waals surface area contributed by atoms with E-state index in [0.717, 1.165) is 11.3 Å². The highest BCUT2D eigenvalue weighted by Crippen LogP contribution is 2.09. The Labute approximate surface area is 113 Å². The molecule has 0 radical (unpaired) electrons. The van der Waals surface area contributed by atoms with Gasteiger partial charge in [-0.2, -0.15) is 0 Å². The van der Waals surface area contributed by atoms with Crippen molar-refractivity contribution in [1.29, 1.82) is 0 Å². The Balaban J connectivity index is 1.62. The van der Waals surface area contributed by atoms with Gasteiger partial charge in [-0.1, -0.05) is 24.3 Å². The smallest absolute Gasteiger partial charge is 0.119 e. The van der Waals surface area contributed by atoms with Crippen LogP contribution in [0.1, 0.15) is 11.7 Å². The minimum absolute atomic E-state index is 0.490. The normalized spacial score (nSPS) is 12.1. The zero-order valence-corrected chi connectivity index (χ0v) is 10.7. The predicted molar refractivity (Wildman–Crippen MR) is 74.0 cm³/mol. The van der Waals surface area contributed by atoms with Crippen molar-refractivity contribution < 1.29 is 9.84 Å². The van der Waals surface area contributed by atoms with Gasteiger partial charge in [0, 0.05) is 31.0 Å². The van der Waals surface area contributed by atoms with Crippen LogP contribution in [0, 0.1) is 0 Å². The minimum atomic E-state index is -0.537. The predicted octanol–water partition coefficient (Wildman–Crippen LogP) is 1.78. The molecule has 1 heterocycles. The maximum Gasteiger partial charge on any atom is 0.119 e. The maximum atomic E-state index is 9.89. The highest BCUT2D eigenvalue weighted by Gasteiger charge is 2.05. The molecule has 4 heteroatoms. The van der Waals surface area contributed by atoms with Gasteiger partial charge in [0.15, 0.2) is 0 Å². The summed E-state index contributed by atoms with van der Waals surface area (Å²) in [7, 11) is 0. The van der Waals surface area contributed by atoms with Crippen LogP contribution >= 0.6 is 0 Å². The molecule has 1 atom stereocenters. The van der Waals surface area contributed by atoms with Crippen LogP contribution in [0.25, 0.3) is 0 Å². The summed E-state index contributed by atoms with van der Waals surface area (Å²) in [4.78, 5) is 3.98. The molecule has 0 saturated heterocycles. The van der Waals surface area contributed by atoms with Gasteiger partial charge in [0.25, 0.3) is 0 Å². The molecule has 2 aromatic rings. The Morgan fingerprint density at radius 1 is 1.16 bits per heavy atom. The van der Waals surface area contributed by atoms with Crippen LogP contribution in [0.5, 0.6) is 5.75 Å². The van der Waals surface area contributed by atoms with Crippen LogP contribution in [-0.2, 0) is 0 Å². The summed E-state index contributed by atoms with van der Waals surface area (Å²) < 4.78 is 5.54. The van der Waals surface area contributed by atoms with Crippen LogP contribution in [0.2, 0.25) is 0 Å². The van der Waals surface area contributed by atoms with Gasteiger partial charge in [-0.05, 0) is 18.2 Å². The van der Waals surface area contributed by atoms with Crippen molar-refractivity contribution in [2.45, 2.75) is 6.10 Å². The Hall–Kier alpha value is -1.91. The number of aromatic nitrogens is 1. The molecule has 1 aromatic heterocycles.